The van der Waals surface area contributed by atoms with Gasteiger partial charge in [-0.15, -0.1) is 24.0 Å². The molecule has 142 valence electrons. The lowest BCUT2D eigenvalue weighted by atomic mass is 10.2. The van der Waals surface area contributed by atoms with Gasteiger partial charge in [-0.3, -0.25) is 4.99 Å². The van der Waals surface area contributed by atoms with Crippen molar-refractivity contribution in [3.8, 4) is 0 Å². The highest BCUT2D eigenvalue weighted by Crippen LogP contribution is 2.11. The molecule has 1 aromatic heterocycles. The van der Waals surface area contributed by atoms with Crippen LogP contribution < -0.4 is 5.73 Å². The van der Waals surface area contributed by atoms with Gasteiger partial charge in [0.2, 0.25) is 0 Å². The van der Waals surface area contributed by atoms with Gasteiger partial charge in [-0.25, -0.2) is 9.78 Å². The van der Waals surface area contributed by atoms with Crippen molar-refractivity contribution in [2.75, 3.05) is 32.7 Å². The highest BCUT2D eigenvalue weighted by molar-refractivity contribution is 14.0. The van der Waals surface area contributed by atoms with Gasteiger partial charge in [-0.1, -0.05) is 0 Å². The van der Waals surface area contributed by atoms with Crippen LogP contribution in [0, 0.1) is 0 Å². The van der Waals surface area contributed by atoms with Crippen molar-refractivity contribution < 1.29 is 9.53 Å². The molecule has 0 aromatic carbocycles. The number of aliphatic imine (C=N–C) groups is 1. The maximum Gasteiger partial charge on any atom is 0.410 e. The molecule has 1 aromatic rings. The zero-order chi connectivity index (χ0) is 17.6. The van der Waals surface area contributed by atoms with Crippen molar-refractivity contribution in [3.05, 3.63) is 18.7 Å². The van der Waals surface area contributed by atoms with E-state index in [1.807, 2.05) is 36.4 Å². The van der Waals surface area contributed by atoms with Crippen LogP contribution in [-0.4, -0.2) is 69.7 Å². The Kier molecular flexibility index (Phi) is 8.46. The van der Waals surface area contributed by atoms with E-state index in [1.54, 1.807) is 17.4 Å². The van der Waals surface area contributed by atoms with Crippen LogP contribution in [0.5, 0.6) is 0 Å². The maximum absolute atomic E-state index is 12.0. The zero-order valence-corrected chi connectivity index (χ0v) is 17.6. The number of nitrogens with two attached hydrogens (primary N) is 1. The van der Waals surface area contributed by atoms with Crippen LogP contribution in [0.3, 0.4) is 0 Å². The van der Waals surface area contributed by atoms with E-state index in [9.17, 15) is 4.79 Å². The zero-order valence-electron chi connectivity index (χ0n) is 15.2. The number of carbonyl (C=O) groups excluding carboxylic acids is 1. The predicted molar refractivity (Wildman–Crippen MR) is 108 cm³/mol. The minimum atomic E-state index is -0.468. The number of nitrogens with zero attached hydrogens (tertiary/aromatic N) is 5. The second kappa shape index (κ2) is 9.83. The lowest BCUT2D eigenvalue weighted by Crippen LogP contribution is -2.53. The minimum absolute atomic E-state index is 0. The van der Waals surface area contributed by atoms with E-state index in [0.717, 1.165) is 13.0 Å². The van der Waals surface area contributed by atoms with E-state index in [-0.39, 0.29) is 30.1 Å². The molecule has 1 saturated heterocycles. The number of ether oxygens (including phenoxy) is 1. The Bertz CT molecular complexity index is 547. The normalized spacial score (nSPS) is 15.7. The fourth-order valence-corrected chi connectivity index (χ4v) is 2.41. The van der Waals surface area contributed by atoms with Gasteiger partial charge in [0.15, 0.2) is 5.96 Å². The van der Waals surface area contributed by atoms with Gasteiger partial charge in [0.25, 0.3) is 0 Å². The molecule has 0 unspecified atom stereocenters. The average Bonchev–Trinajstić information content (AvgIpc) is 3.03. The van der Waals surface area contributed by atoms with E-state index in [2.05, 4.69) is 9.98 Å². The first-order valence-electron chi connectivity index (χ1n) is 8.34. The second-order valence-corrected chi connectivity index (χ2v) is 6.85. The van der Waals surface area contributed by atoms with Crippen molar-refractivity contribution in [1.82, 2.24) is 19.4 Å². The number of hydrogen-bond acceptors (Lipinski definition) is 4. The maximum atomic E-state index is 12.0. The van der Waals surface area contributed by atoms with Gasteiger partial charge in [0, 0.05) is 51.7 Å². The Morgan fingerprint density at radius 2 is 1.88 bits per heavy atom. The Balaban J connectivity index is 0.00000312. The van der Waals surface area contributed by atoms with Crippen LogP contribution in [0.1, 0.15) is 27.2 Å². The SMILES string of the molecule is CC(C)(C)OC(=O)N1CCN(C(N)=NCCCn2ccnc2)CC1.I. The number of carbonyl (C=O) groups is 1. The van der Waals surface area contributed by atoms with Crippen molar-refractivity contribution in [3.63, 3.8) is 0 Å². The summed E-state index contributed by atoms with van der Waals surface area (Å²) in [5.74, 6) is 0.546. The van der Waals surface area contributed by atoms with Gasteiger partial charge >= 0.3 is 6.09 Å². The number of aromatic nitrogens is 2. The minimum Gasteiger partial charge on any atom is -0.444 e. The number of amides is 1. The van der Waals surface area contributed by atoms with Crippen molar-refractivity contribution in [1.29, 1.82) is 0 Å². The molecular weight excluding hydrogens is 435 g/mol. The number of halogens is 1. The van der Waals surface area contributed by atoms with E-state index in [1.165, 1.54) is 0 Å². The number of imidazole rings is 1. The standard InChI is InChI=1S/C16H28N6O2.HI/c1-16(2,3)24-15(23)22-11-9-21(10-12-22)14(17)19-5-4-7-20-8-6-18-13-20;/h6,8,13H,4-5,7,9-12H2,1-3H3,(H2,17,19);1H. The third-order valence-electron chi connectivity index (χ3n) is 3.66. The molecule has 2 heterocycles. The van der Waals surface area contributed by atoms with Gasteiger partial charge in [-0.05, 0) is 27.2 Å². The highest BCUT2D eigenvalue weighted by atomic mass is 127. The molecule has 0 saturated carbocycles. The van der Waals surface area contributed by atoms with Crippen LogP contribution in [-0.2, 0) is 11.3 Å². The molecule has 0 spiro atoms. The molecule has 1 aliphatic rings. The lowest BCUT2D eigenvalue weighted by molar-refractivity contribution is 0.0186. The third-order valence-corrected chi connectivity index (χ3v) is 3.66. The molecule has 2 N–H and O–H groups in total. The second-order valence-electron chi connectivity index (χ2n) is 6.85. The first kappa shape index (κ1) is 21.5. The summed E-state index contributed by atoms with van der Waals surface area (Å²) in [6.07, 6.45) is 6.14. The fraction of sp³-hybridized carbons (Fsp3) is 0.688. The molecule has 0 bridgehead atoms. The molecule has 0 atom stereocenters. The van der Waals surface area contributed by atoms with Crippen molar-refractivity contribution in [2.45, 2.75) is 39.3 Å². The van der Waals surface area contributed by atoms with Gasteiger partial charge < -0.3 is 24.8 Å². The predicted octanol–water partition coefficient (Wildman–Crippen LogP) is 1.76. The van der Waals surface area contributed by atoms with Crippen LogP contribution in [0.4, 0.5) is 4.79 Å². The molecule has 1 aliphatic heterocycles. The molecular formula is C16H29IN6O2. The number of hydrogen-bond donors (Lipinski definition) is 1. The van der Waals surface area contributed by atoms with Gasteiger partial charge in [0.05, 0.1) is 6.33 Å². The Morgan fingerprint density at radius 1 is 1.24 bits per heavy atom. The van der Waals surface area contributed by atoms with E-state index in [0.29, 0.717) is 38.7 Å². The van der Waals surface area contributed by atoms with Gasteiger partial charge in [-0.2, -0.15) is 0 Å². The molecule has 0 aliphatic carbocycles. The van der Waals surface area contributed by atoms with Crippen LogP contribution in [0.15, 0.2) is 23.7 Å². The fourth-order valence-electron chi connectivity index (χ4n) is 2.41. The summed E-state index contributed by atoms with van der Waals surface area (Å²) < 4.78 is 7.41. The summed E-state index contributed by atoms with van der Waals surface area (Å²) in [4.78, 5) is 24.2. The summed E-state index contributed by atoms with van der Waals surface area (Å²) in [5.41, 5.74) is 5.58. The molecule has 1 amide bonds. The molecule has 9 heteroatoms. The molecule has 0 radical (unpaired) electrons. The Morgan fingerprint density at radius 3 is 2.44 bits per heavy atom. The summed E-state index contributed by atoms with van der Waals surface area (Å²) in [6.45, 7) is 9.72. The Hall–Kier alpha value is -1.52. The smallest absolute Gasteiger partial charge is 0.410 e. The average molecular weight is 464 g/mol. The molecule has 8 nitrogen and oxygen atoms in total. The Labute approximate surface area is 166 Å². The van der Waals surface area contributed by atoms with Gasteiger partial charge in [0.1, 0.15) is 5.60 Å². The van der Waals surface area contributed by atoms with E-state index in [4.69, 9.17) is 10.5 Å². The number of aryl methyl sites for hydroxylation is 1. The van der Waals surface area contributed by atoms with E-state index >= 15 is 0 Å². The first-order chi connectivity index (χ1) is 11.3. The van der Waals surface area contributed by atoms with Crippen molar-refractivity contribution in [2.24, 2.45) is 10.7 Å². The highest BCUT2D eigenvalue weighted by Gasteiger charge is 2.26. The summed E-state index contributed by atoms with van der Waals surface area (Å²) in [6, 6.07) is 0. The number of piperazine rings is 1. The topological polar surface area (TPSA) is 89.0 Å². The first-order valence-corrected chi connectivity index (χ1v) is 8.34. The van der Waals surface area contributed by atoms with Crippen LogP contribution >= 0.6 is 24.0 Å². The largest absolute Gasteiger partial charge is 0.444 e. The number of guanidine groups is 1. The van der Waals surface area contributed by atoms with E-state index < -0.39 is 5.60 Å². The monoisotopic (exact) mass is 464 g/mol. The summed E-state index contributed by atoms with van der Waals surface area (Å²) in [7, 11) is 0. The molecule has 1 fully saturated rings. The van der Waals surface area contributed by atoms with Crippen molar-refractivity contribution >= 4 is 36.0 Å². The summed E-state index contributed by atoms with van der Waals surface area (Å²) >= 11 is 0. The molecule has 2 rings (SSSR count). The third kappa shape index (κ3) is 7.49. The summed E-state index contributed by atoms with van der Waals surface area (Å²) in [5, 5.41) is 0. The van der Waals surface area contributed by atoms with Crippen LogP contribution in [0.2, 0.25) is 0 Å². The number of rotatable bonds is 4. The quantitative estimate of drug-likeness (QED) is 0.318. The molecule has 25 heavy (non-hydrogen) atoms. The lowest BCUT2D eigenvalue weighted by Gasteiger charge is -2.36. The van der Waals surface area contributed by atoms with Crippen LogP contribution in [0.25, 0.3) is 0 Å².